The lowest BCUT2D eigenvalue weighted by Gasteiger charge is -2.34. The smallest absolute Gasteiger partial charge is 0.338 e. The Kier molecular flexibility index (Phi) is 14.8. The molecule has 0 aliphatic heterocycles. The zero-order chi connectivity index (χ0) is 29.2. The van der Waals surface area contributed by atoms with Crippen LogP contribution < -0.4 is 4.74 Å². The topological polar surface area (TPSA) is 72.2 Å². The van der Waals surface area contributed by atoms with Gasteiger partial charge in [-0.25, -0.2) is 4.79 Å². The Morgan fingerprint density at radius 3 is 2.05 bits per heavy atom. The van der Waals surface area contributed by atoms with Crippen LogP contribution in [0.25, 0.3) is 11.3 Å². The van der Waals surface area contributed by atoms with Gasteiger partial charge in [0.25, 0.3) is 0 Å². The molecule has 3 rings (SSSR count). The summed E-state index contributed by atoms with van der Waals surface area (Å²) < 4.78 is 11.7. The Labute approximate surface area is 249 Å². The first kappa shape index (κ1) is 32.6. The molecule has 1 aliphatic rings. The van der Waals surface area contributed by atoms with E-state index in [1.54, 1.807) is 6.20 Å². The molecule has 0 radical (unpaired) electrons. The van der Waals surface area contributed by atoms with Gasteiger partial charge in [-0.05, 0) is 62.8 Å². The molecule has 0 amide bonds. The first-order chi connectivity index (χ1) is 20.1. The molecule has 0 atom stereocenters. The normalized spacial score (nSPS) is 18.5. The van der Waals surface area contributed by atoms with Crippen molar-refractivity contribution in [1.29, 1.82) is 5.26 Å². The highest BCUT2D eigenvalue weighted by Crippen LogP contribution is 2.41. The van der Waals surface area contributed by atoms with E-state index in [0.717, 1.165) is 68.6 Å². The van der Waals surface area contributed by atoms with E-state index in [2.05, 4.69) is 24.9 Å². The molecule has 2 aromatic rings. The van der Waals surface area contributed by atoms with Crippen LogP contribution in [0.1, 0.15) is 140 Å². The number of ether oxygens (including phenoxy) is 2. The number of carbonyl (C=O) groups excluding carboxylic acids is 1. The predicted molar refractivity (Wildman–Crippen MR) is 167 cm³/mol. The van der Waals surface area contributed by atoms with Crippen LogP contribution in [0.15, 0.2) is 42.6 Å². The molecule has 224 valence electrons. The molecule has 5 heteroatoms. The van der Waals surface area contributed by atoms with E-state index in [9.17, 15) is 10.1 Å². The molecule has 0 unspecified atom stereocenters. The van der Waals surface area contributed by atoms with E-state index in [1.165, 1.54) is 70.6 Å². The van der Waals surface area contributed by atoms with Gasteiger partial charge in [0, 0.05) is 5.56 Å². The number of esters is 1. The van der Waals surface area contributed by atoms with Gasteiger partial charge in [-0.2, -0.15) is 5.26 Å². The summed E-state index contributed by atoms with van der Waals surface area (Å²) in [5.74, 6) is 0.504. The average Bonchev–Trinajstić information content (AvgIpc) is 3.01. The number of unbranched alkanes of at least 4 members (excludes halogenated alkanes) is 11. The number of rotatable bonds is 19. The Morgan fingerprint density at radius 2 is 1.46 bits per heavy atom. The van der Waals surface area contributed by atoms with Crippen LogP contribution in [-0.2, 0) is 4.74 Å². The molecular weight excluding hydrogens is 508 g/mol. The number of benzene rings is 1. The van der Waals surface area contributed by atoms with Crippen molar-refractivity contribution >= 4 is 5.97 Å². The maximum absolute atomic E-state index is 12.8. The third-order valence-electron chi connectivity index (χ3n) is 8.58. The lowest BCUT2D eigenvalue weighted by Crippen LogP contribution is -2.31. The fraction of sp³-hybridized carbons (Fsp3) is 0.639. The summed E-state index contributed by atoms with van der Waals surface area (Å²) in [5.41, 5.74) is 2.11. The van der Waals surface area contributed by atoms with Crippen LogP contribution in [0.3, 0.4) is 0 Å². The standard InChI is InChI=1S/C36H52N2O3/c1-3-5-7-9-10-11-13-15-27-40-33-20-21-34(38-28-33)30-16-18-31(19-17-30)35(39)41-32-22-25-36(29-37,26-23-32)24-14-12-8-6-4-2/h16-21,28,32H,3-15,22-27H2,1-2H3. The minimum Gasteiger partial charge on any atom is -0.492 e. The van der Waals surface area contributed by atoms with Crippen LogP contribution in [-0.4, -0.2) is 23.7 Å². The van der Waals surface area contributed by atoms with E-state index in [-0.39, 0.29) is 17.5 Å². The number of hydrogen-bond acceptors (Lipinski definition) is 5. The summed E-state index contributed by atoms with van der Waals surface area (Å²) in [7, 11) is 0. The fourth-order valence-electron chi connectivity index (χ4n) is 5.81. The Hall–Kier alpha value is -2.87. The molecule has 0 spiro atoms. The van der Waals surface area contributed by atoms with Crippen molar-refractivity contribution in [2.24, 2.45) is 5.41 Å². The predicted octanol–water partition coefficient (Wildman–Crippen LogP) is 10.2. The van der Waals surface area contributed by atoms with Crippen molar-refractivity contribution in [2.45, 2.75) is 136 Å². The third kappa shape index (κ3) is 11.5. The van der Waals surface area contributed by atoms with Crippen LogP contribution in [0.5, 0.6) is 5.75 Å². The van der Waals surface area contributed by atoms with E-state index >= 15 is 0 Å². The zero-order valence-electron chi connectivity index (χ0n) is 25.7. The SMILES string of the molecule is CCCCCCCCCCOc1ccc(-c2ccc(C(=O)OC3CCC(C#N)(CCCCCCC)CC3)cc2)nc1. The summed E-state index contributed by atoms with van der Waals surface area (Å²) in [6.45, 7) is 5.20. The number of nitriles is 1. The second-order valence-corrected chi connectivity index (χ2v) is 11.9. The highest BCUT2D eigenvalue weighted by molar-refractivity contribution is 5.90. The number of aromatic nitrogens is 1. The molecular formula is C36H52N2O3. The summed E-state index contributed by atoms with van der Waals surface area (Å²) >= 11 is 0. The first-order valence-electron chi connectivity index (χ1n) is 16.4. The number of hydrogen-bond donors (Lipinski definition) is 0. The molecule has 0 N–H and O–H groups in total. The molecule has 0 bridgehead atoms. The summed E-state index contributed by atoms with van der Waals surface area (Å²) in [6.07, 6.45) is 22.2. The second-order valence-electron chi connectivity index (χ2n) is 11.9. The van der Waals surface area contributed by atoms with Gasteiger partial charge in [0.2, 0.25) is 0 Å². The first-order valence-corrected chi connectivity index (χ1v) is 16.4. The van der Waals surface area contributed by atoms with Crippen LogP contribution in [0.4, 0.5) is 0 Å². The van der Waals surface area contributed by atoms with Crippen molar-refractivity contribution in [3.05, 3.63) is 48.2 Å². The van der Waals surface area contributed by atoms with Gasteiger partial charge in [-0.1, -0.05) is 103 Å². The van der Waals surface area contributed by atoms with Crippen LogP contribution in [0.2, 0.25) is 0 Å². The molecule has 1 aliphatic carbocycles. The van der Waals surface area contributed by atoms with Crippen molar-refractivity contribution in [1.82, 2.24) is 4.98 Å². The lowest BCUT2D eigenvalue weighted by atomic mass is 9.71. The van der Waals surface area contributed by atoms with E-state index < -0.39 is 0 Å². The molecule has 1 aromatic carbocycles. The van der Waals surface area contributed by atoms with Crippen molar-refractivity contribution in [3.63, 3.8) is 0 Å². The van der Waals surface area contributed by atoms with Crippen LogP contribution >= 0.6 is 0 Å². The third-order valence-corrected chi connectivity index (χ3v) is 8.58. The Morgan fingerprint density at radius 1 is 0.854 bits per heavy atom. The molecule has 41 heavy (non-hydrogen) atoms. The number of nitrogens with zero attached hydrogens (tertiary/aromatic N) is 2. The summed E-state index contributed by atoms with van der Waals surface area (Å²) in [4.78, 5) is 17.4. The minimum absolute atomic E-state index is 0.108. The van der Waals surface area contributed by atoms with Gasteiger partial charge >= 0.3 is 5.97 Å². The Bertz CT molecular complexity index is 1030. The Balaban J connectivity index is 1.37. The highest BCUT2D eigenvalue weighted by Gasteiger charge is 2.36. The molecule has 5 nitrogen and oxygen atoms in total. The molecule has 1 fully saturated rings. The number of pyridine rings is 1. The van der Waals surface area contributed by atoms with E-state index in [0.29, 0.717) is 5.56 Å². The van der Waals surface area contributed by atoms with Gasteiger partial charge in [0.15, 0.2) is 0 Å². The minimum atomic E-state index is -0.289. The molecule has 1 aromatic heterocycles. The maximum atomic E-state index is 12.8. The fourth-order valence-corrected chi connectivity index (χ4v) is 5.81. The van der Waals surface area contributed by atoms with Crippen molar-refractivity contribution < 1.29 is 14.3 Å². The maximum Gasteiger partial charge on any atom is 0.338 e. The van der Waals surface area contributed by atoms with Gasteiger partial charge in [-0.15, -0.1) is 0 Å². The largest absolute Gasteiger partial charge is 0.492 e. The second kappa shape index (κ2) is 18.5. The van der Waals surface area contributed by atoms with Crippen LogP contribution in [0, 0.1) is 16.7 Å². The van der Waals surface area contributed by atoms with Crippen molar-refractivity contribution in [3.8, 4) is 23.1 Å². The summed E-state index contributed by atoms with van der Waals surface area (Å²) in [5, 5.41) is 9.85. The monoisotopic (exact) mass is 560 g/mol. The van der Waals surface area contributed by atoms with E-state index in [4.69, 9.17) is 9.47 Å². The van der Waals surface area contributed by atoms with Crippen molar-refractivity contribution in [2.75, 3.05) is 6.61 Å². The summed E-state index contributed by atoms with van der Waals surface area (Å²) in [6, 6.07) is 14.0. The average molecular weight is 561 g/mol. The quantitative estimate of drug-likeness (QED) is 0.126. The highest BCUT2D eigenvalue weighted by atomic mass is 16.5. The van der Waals surface area contributed by atoms with Gasteiger partial charge in [-0.3, -0.25) is 4.98 Å². The lowest BCUT2D eigenvalue weighted by molar-refractivity contribution is 0.0105. The number of carbonyl (C=O) groups is 1. The van der Waals surface area contributed by atoms with E-state index in [1.807, 2.05) is 36.4 Å². The van der Waals surface area contributed by atoms with Gasteiger partial charge < -0.3 is 9.47 Å². The van der Waals surface area contributed by atoms with Gasteiger partial charge in [0.05, 0.1) is 35.5 Å². The molecule has 0 saturated heterocycles. The zero-order valence-corrected chi connectivity index (χ0v) is 25.7. The molecule has 1 saturated carbocycles. The van der Waals surface area contributed by atoms with Gasteiger partial charge in [0.1, 0.15) is 11.9 Å². The molecule has 1 heterocycles.